The van der Waals surface area contributed by atoms with Crippen molar-refractivity contribution in [3.05, 3.63) is 64.4 Å². The van der Waals surface area contributed by atoms with Crippen LogP contribution in [0.2, 0.25) is 10.0 Å². The second-order valence-electron chi connectivity index (χ2n) is 6.77. The Bertz CT molecular complexity index is 982. The molecule has 8 heteroatoms. The SMILES string of the molecule is O=C(NCCN1CCN(c2cccc(Cl)c2Cl)CC1)c1ccn2nccc2c1. The van der Waals surface area contributed by atoms with E-state index < -0.39 is 0 Å². The van der Waals surface area contributed by atoms with Crippen LogP contribution in [0.15, 0.2) is 48.8 Å². The van der Waals surface area contributed by atoms with E-state index in [9.17, 15) is 4.79 Å². The zero-order chi connectivity index (χ0) is 19.5. The van der Waals surface area contributed by atoms with Gasteiger partial charge in [0.15, 0.2) is 0 Å². The lowest BCUT2D eigenvalue weighted by Crippen LogP contribution is -2.48. The maximum absolute atomic E-state index is 12.4. The minimum Gasteiger partial charge on any atom is -0.368 e. The summed E-state index contributed by atoms with van der Waals surface area (Å²) < 4.78 is 1.74. The van der Waals surface area contributed by atoms with Crippen LogP contribution in [0.5, 0.6) is 0 Å². The van der Waals surface area contributed by atoms with Gasteiger partial charge in [-0.1, -0.05) is 29.3 Å². The Morgan fingerprint density at radius 2 is 1.93 bits per heavy atom. The predicted octanol–water partition coefficient (Wildman–Crippen LogP) is 3.19. The highest BCUT2D eigenvalue weighted by atomic mass is 35.5. The van der Waals surface area contributed by atoms with Crippen molar-refractivity contribution in [2.75, 3.05) is 44.2 Å². The van der Waals surface area contributed by atoms with Crippen molar-refractivity contribution in [2.24, 2.45) is 0 Å². The highest BCUT2D eigenvalue weighted by Gasteiger charge is 2.19. The highest BCUT2D eigenvalue weighted by Crippen LogP contribution is 2.32. The molecule has 146 valence electrons. The van der Waals surface area contributed by atoms with Crippen LogP contribution in [0.1, 0.15) is 10.4 Å². The van der Waals surface area contributed by atoms with Gasteiger partial charge in [-0.15, -0.1) is 0 Å². The first-order chi connectivity index (χ1) is 13.6. The Labute approximate surface area is 173 Å². The number of nitrogens with zero attached hydrogens (tertiary/aromatic N) is 4. The number of anilines is 1. The summed E-state index contributed by atoms with van der Waals surface area (Å²) in [4.78, 5) is 17.0. The molecule has 1 fully saturated rings. The number of piperazine rings is 1. The third-order valence-corrected chi connectivity index (χ3v) is 5.83. The lowest BCUT2D eigenvalue weighted by atomic mass is 10.2. The van der Waals surface area contributed by atoms with Crippen molar-refractivity contribution in [1.82, 2.24) is 19.8 Å². The van der Waals surface area contributed by atoms with E-state index in [4.69, 9.17) is 23.2 Å². The molecule has 1 aliphatic rings. The molecule has 0 aliphatic carbocycles. The molecule has 4 rings (SSSR count). The number of aromatic nitrogens is 2. The molecule has 3 heterocycles. The number of benzene rings is 1. The molecule has 6 nitrogen and oxygen atoms in total. The summed E-state index contributed by atoms with van der Waals surface area (Å²) >= 11 is 12.5. The third kappa shape index (κ3) is 4.09. The molecule has 1 aromatic carbocycles. The zero-order valence-electron chi connectivity index (χ0n) is 15.3. The minimum atomic E-state index is -0.0620. The molecule has 0 saturated carbocycles. The lowest BCUT2D eigenvalue weighted by Gasteiger charge is -2.36. The number of nitrogens with one attached hydrogen (secondary N) is 1. The molecule has 1 amide bonds. The van der Waals surface area contributed by atoms with E-state index in [1.54, 1.807) is 29.0 Å². The molecular formula is C20H21Cl2N5O. The van der Waals surface area contributed by atoms with Gasteiger partial charge in [0.2, 0.25) is 0 Å². The molecule has 1 aliphatic heterocycles. The van der Waals surface area contributed by atoms with Gasteiger partial charge >= 0.3 is 0 Å². The number of fused-ring (bicyclic) bond motifs is 1. The minimum absolute atomic E-state index is 0.0620. The Balaban J connectivity index is 1.25. The molecular weight excluding hydrogens is 397 g/mol. The van der Waals surface area contributed by atoms with Crippen molar-refractivity contribution in [3.8, 4) is 0 Å². The number of rotatable bonds is 5. The third-order valence-electron chi connectivity index (χ3n) is 5.02. The van der Waals surface area contributed by atoms with Gasteiger partial charge in [0.1, 0.15) is 0 Å². The molecule has 1 saturated heterocycles. The smallest absolute Gasteiger partial charge is 0.251 e. The molecule has 0 bridgehead atoms. The number of hydrogen-bond acceptors (Lipinski definition) is 4. The summed E-state index contributed by atoms with van der Waals surface area (Å²) in [5.41, 5.74) is 2.54. The van der Waals surface area contributed by atoms with Gasteiger partial charge in [-0.25, -0.2) is 4.52 Å². The number of pyridine rings is 1. The average molecular weight is 418 g/mol. The van der Waals surface area contributed by atoms with Gasteiger partial charge in [-0.2, -0.15) is 5.10 Å². The molecule has 0 atom stereocenters. The van der Waals surface area contributed by atoms with E-state index in [0.29, 0.717) is 22.2 Å². The standard InChI is InChI=1S/C20H21Cl2N5O/c21-17-2-1-3-18(19(17)22)26-12-10-25(11-13-26)9-7-23-20(28)15-5-8-27-16(14-15)4-6-24-27/h1-6,8,14H,7,9-13H2,(H,23,28). The van der Waals surface area contributed by atoms with Crippen LogP contribution in [0, 0.1) is 0 Å². The van der Waals surface area contributed by atoms with E-state index in [-0.39, 0.29) is 5.91 Å². The largest absolute Gasteiger partial charge is 0.368 e. The van der Waals surface area contributed by atoms with Gasteiger partial charge in [-0.3, -0.25) is 9.69 Å². The number of amides is 1. The van der Waals surface area contributed by atoms with Crippen LogP contribution in [0.25, 0.3) is 5.52 Å². The Morgan fingerprint density at radius 3 is 2.75 bits per heavy atom. The van der Waals surface area contributed by atoms with Crippen molar-refractivity contribution in [3.63, 3.8) is 0 Å². The number of hydrogen-bond donors (Lipinski definition) is 1. The quantitative estimate of drug-likeness (QED) is 0.692. The van der Waals surface area contributed by atoms with Crippen molar-refractivity contribution in [2.45, 2.75) is 0 Å². The fraction of sp³-hybridized carbons (Fsp3) is 0.300. The van der Waals surface area contributed by atoms with Gasteiger partial charge in [-0.05, 0) is 30.3 Å². The molecule has 3 aromatic rings. The topological polar surface area (TPSA) is 52.9 Å². The normalized spacial score (nSPS) is 15.1. The van der Waals surface area contributed by atoms with Crippen LogP contribution in [0.3, 0.4) is 0 Å². The fourth-order valence-corrected chi connectivity index (χ4v) is 3.86. The fourth-order valence-electron chi connectivity index (χ4n) is 3.44. The maximum atomic E-state index is 12.4. The van der Waals surface area contributed by atoms with E-state index in [0.717, 1.165) is 43.9 Å². The maximum Gasteiger partial charge on any atom is 0.251 e. The molecule has 0 spiro atoms. The molecule has 2 aromatic heterocycles. The van der Waals surface area contributed by atoms with Gasteiger partial charge in [0.25, 0.3) is 5.91 Å². The van der Waals surface area contributed by atoms with Crippen LogP contribution >= 0.6 is 23.2 Å². The molecule has 28 heavy (non-hydrogen) atoms. The summed E-state index contributed by atoms with van der Waals surface area (Å²) in [5.74, 6) is -0.0620. The summed E-state index contributed by atoms with van der Waals surface area (Å²) in [5, 5.41) is 8.33. The Hall–Kier alpha value is -2.28. The molecule has 1 N–H and O–H groups in total. The van der Waals surface area contributed by atoms with Crippen molar-refractivity contribution >= 4 is 40.3 Å². The predicted molar refractivity (Wildman–Crippen MR) is 113 cm³/mol. The van der Waals surface area contributed by atoms with Gasteiger partial charge < -0.3 is 10.2 Å². The van der Waals surface area contributed by atoms with E-state index in [1.807, 2.05) is 24.3 Å². The number of halogens is 2. The van der Waals surface area contributed by atoms with Crippen LogP contribution in [-0.4, -0.2) is 59.7 Å². The van der Waals surface area contributed by atoms with Crippen molar-refractivity contribution in [1.29, 1.82) is 0 Å². The van der Waals surface area contributed by atoms with Gasteiger partial charge in [0, 0.05) is 57.2 Å². The zero-order valence-corrected chi connectivity index (χ0v) is 16.8. The van der Waals surface area contributed by atoms with Crippen LogP contribution in [0.4, 0.5) is 5.69 Å². The van der Waals surface area contributed by atoms with E-state index in [1.165, 1.54) is 0 Å². The summed E-state index contributed by atoms with van der Waals surface area (Å²) in [6.07, 6.45) is 3.51. The first-order valence-corrected chi connectivity index (χ1v) is 10.0. The Morgan fingerprint density at radius 1 is 1.11 bits per heavy atom. The first kappa shape index (κ1) is 19.1. The Kier molecular flexibility index (Phi) is 5.71. The lowest BCUT2D eigenvalue weighted by molar-refractivity contribution is 0.0948. The number of carbonyl (C=O) groups is 1. The second-order valence-corrected chi connectivity index (χ2v) is 7.56. The highest BCUT2D eigenvalue weighted by molar-refractivity contribution is 6.43. The summed E-state index contributed by atoms with van der Waals surface area (Å²) in [6, 6.07) is 11.2. The average Bonchev–Trinajstić information content (AvgIpc) is 3.18. The molecule has 0 unspecified atom stereocenters. The van der Waals surface area contributed by atoms with E-state index >= 15 is 0 Å². The van der Waals surface area contributed by atoms with Gasteiger partial charge in [0.05, 0.1) is 21.2 Å². The summed E-state index contributed by atoms with van der Waals surface area (Å²) in [7, 11) is 0. The molecule has 0 radical (unpaired) electrons. The van der Waals surface area contributed by atoms with Crippen LogP contribution in [-0.2, 0) is 0 Å². The second kappa shape index (κ2) is 8.39. The van der Waals surface area contributed by atoms with Crippen molar-refractivity contribution < 1.29 is 4.79 Å². The monoisotopic (exact) mass is 417 g/mol. The van der Waals surface area contributed by atoms with E-state index in [2.05, 4.69) is 20.2 Å². The first-order valence-electron chi connectivity index (χ1n) is 9.25. The number of carbonyl (C=O) groups excluding carboxylic acids is 1. The summed E-state index contributed by atoms with van der Waals surface area (Å²) in [6.45, 7) is 5.03. The van der Waals surface area contributed by atoms with Crippen LogP contribution < -0.4 is 10.2 Å².